The maximum absolute atomic E-state index is 7.91. The lowest BCUT2D eigenvalue weighted by atomic mass is 10.2. The first-order chi connectivity index (χ1) is 8.24. The Morgan fingerprint density at radius 2 is 2.11 bits per heavy atom. The van der Waals surface area contributed by atoms with Crippen LogP contribution in [0.3, 0.4) is 0 Å². The van der Waals surface area contributed by atoms with E-state index in [1.807, 2.05) is 11.5 Å². The van der Waals surface area contributed by atoms with Crippen molar-refractivity contribution in [2.45, 2.75) is 46.1 Å². The second-order valence-electron chi connectivity index (χ2n) is 4.33. The van der Waals surface area contributed by atoms with Crippen LogP contribution in [0.1, 0.15) is 38.3 Å². The maximum atomic E-state index is 7.91. The molecule has 2 rings (SSSR count). The summed E-state index contributed by atoms with van der Waals surface area (Å²) < 4.78 is 1.88. The number of aromatic amines is 1. The van der Waals surface area contributed by atoms with Crippen molar-refractivity contribution in [2.75, 3.05) is 0 Å². The number of aryl methyl sites for hydroxylation is 2. The van der Waals surface area contributed by atoms with Crippen molar-refractivity contribution in [3.63, 3.8) is 0 Å². The third-order valence-corrected chi connectivity index (χ3v) is 3.00. The minimum Gasteiger partial charge on any atom is -0.342 e. The number of fused-ring (bicyclic) bond motifs is 1. The lowest BCUT2D eigenvalue weighted by Crippen LogP contribution is -2.24. The molecule has 2 heterocycles. The fraction of sp³-hybridized carbons (Fsp3) is 0.583. The largest absolute Gasteiger partial charge is 0.342 e. The molecule has 2 N–H and O–H groups in total. The molecule has 0 aromatic carbocycles. The molecule has 0 aliphatic carbocycles. The van der Waals surface area contributed by atoms with Gasteiger partial charge in [0.2, 0.25) is 5.62 Å². The van der Waals surface area contributed by atoms with Crippen molar-refractivity contribution >= 4 is 23.6 Å². The minimum atomic E-state index is 0. The zero-order valence-corrected chi connectivity index (χ0v) is 11.7. The maximum Gasteiger partial charge on any atom is 0.223 e. The molecule has 2 aromatic rings. The lowest BCUT2D eigenvalue weighted by Gasteiger charge is -2.08. The predicted octanol–water partition coefficient (Wildman–Crippen LogP) is 2.55. The molecule has 0 atom stereocenters. The van der Waals surface area contributed by atoms with Gasteiger partial charge >= 0.3 is 0 Å². The van der Waals surface area contributed by atoms with E-state index in [4.69, 9.17) is 5.41 Å². The lowest BCUT2D eigenvalue weighted by molar-refractivity contribution is 0.562. The molecule has 18 heavy (non-hydrogen) atoms. The van der Waals surface area contributed by atoms with E-state index in [1.165, 1.54) is 19.3 Å². The van der Waals surface area contributed by atoms with E-state index in [9.17, 15) is 0 Å². The predicted molar refractivity (Wildman–Crippen MR) is 73.9 cm³/mol. The van der Waals surface area contributed by atoms with Crippen molar-refractivity contribution < 1.29 is 0 Å². The van der Waals surface area contributed by atoms with Crippen LogP contribution >= 0.6 is 12.4 Å². The van der Waals surface area contributed by atoms with Gasteiger partial charge in [-0.15, -0.1) is 12.4 Å². The summed E-state index contributed by atoms with van der Waals surface area (Å²) in [6.45, 7) is 4.93. The molecule has 0 radical (unpaired) electrons. The Kier molecular flexibility index (Phi) is 5.34. The Labute approximate surface area is 113 Å². The van der Waals surface area contributed by atoms with Crippen LogP contribution in [0.25, 0.3) is 11.2 Å². The number of aromatic nitrogens is 4. The molecule has 0 unspecified atom stereocenters. The number of nitrogens with one attached hydrogen (secondary N) is 2. The van der Waals surface area contributed by atoms with Crippen LogP contribution in [0.2, 0.25) is 0 Å². The molecular weight excluding hydrogens is 250 g/mol. The smallest absolute Gasteiger partial charge is 0.223 e. The number of rotatable bonds is 5. The summed E-state index contributed by atoms with van der Waals surface area (Å²) in [7, 11) is 0. The zero-order chi connectivity index (χ0) is 12.3. The van der Waals surface area contributed by atoms with E-state index in [2.05, 4.69) is 21.9 Å². The van der Waals surface area contributed by atoms with Gasteiger partial charge in [0.25, 0.3) is 0 Å². The van der Waals surface area contributed by atoms with Gasteiger partial charge in [0, 0.05) is 6.54 Å². The van der Waals surface area contributed by atoms with E-state index >= 15 is 0 Å². The quantitative estimate of drug-likeness (QED) is 0.819. The molecule has 0 aliphatic rings. The van der Waals surface area contributed by atoms with Crippen LogP contribution in [0.15, 0.2) is 6.33 Å². The summed E-state index contributed by atoms with van der Waals surface area (Å²) >= 11 is 0. The highest BCUT2D eigenvalue weighted by atomic mass is 35.5. The van der Waals surface area contributed by atoms with Crippen LogP contribution in [0.4, 0.5) is 0 Å². The van der Waals surface area contributed by atoms with Crippen LogP contribution < -0.4 is 5.62 Å². The van der Waals surface area contributed by atoms with E-state index in [-0.39, 0.29) is 12.4 Å². The van der Waals surface area contributed by atoms with Gasteiger partial charge in [-0.05, 0) is 13.3 Å². The third-order valence-electron chi connectivity index (χ3n) is 3.00. The Morgan fingerprint density at radius 3 is 2.83 bits per heavy atom. The summed E-state index contributed by atoms with van der Waals surface area (Å²) in [5, 5.41) is 7.91. The number of hydrogen-bond acceptors (Lipinski definition) is 3. The Hall–Kier alpha value is -1.36. The number of nitrogens with zero attached hydrogens (tertiary/aromatic N) is 3. The number of imidazole rings is 1. The molecule has 0 fully saturated rings. The van der Waals surface area contributed by atoms with Gasteiger partial charge in [-0.3, -0.25) is 9.98 Å². The fourth-order valence-electron chi connectivity index (χ4n) is 2.04. The number of H-pyrrole nitrogens is 1. The highest BCUT2D eigenvalue weighted by Gasteiger charge is 2.07. The molecule has 0 saturated carbocycles. The Morgan fingerprint density at radius 1 is 1.33 bits per heavy atom. The van der Waals surface area contributed by atoms with E-state index in [1.54, 1.807) is 6.33 Å². The van der Waals surface area contributed by atoms with E-state index in [0.29, 0.717) is 5.62 Å². The topological polar surface area (TPSA) is 70.3 Å². The van der Waals surface area contributed by atoms with Gasteiger partial charge in [-0.25, -0.2) is 9.97 Å². The van der Waals surface area contributed by atoms with Crippen molar-refractivity contribution in [1.82, 2.24) is 19.5 Å². The monoisotopic (exact) mass is 269 g/mol. The molecule has 0 saturated heterocycles. The van der Waals surface area contributed by atoms with Crippen molar-refractivity contribution in [3.8, 4) is 0 Å². The molecule has 0 aliphatic heterocycles. The second-order valence-corrected chi connectivity index (χ2v) is 4.33. The Balaban J connectivity index is 0.00000162. The highest BCUT2D eigenvalue weighted by Crippen LogP contribution is 2.10. The first kappa shape index (κ1) is 14.7. The van der Waals surface area contributed by atoms with Gasteiger partial charge in [-0.2, -0.15) is 0 Å². The highest BCUT2D eigenvalue weighted by molar-refractivity contribution is 5.85. The molecule has 6 heteroatoms. The molecule has 100 valence electrons. The van der Waals surface area contributed by atoms with Gasteiger partial charge in [-0.1, -0.05) is 26.2 Å². The molecule has 0 bridgehead atoms. The number of hydrogen-bond donors (Lipinski definition) is 2. The molecule has 2 aromatic heterocycles. The second kappa shape index (κ2) is 6.54. The Bertz CT molecular complexity index is 557. The average molecular weight is 270 g/mol. The van der Waals surface area contributed by atoms with Gasteiger partial charge in [0.1, 0.15) is 5.52 Å². The van der Waals surface area contributed by atoms with Gasteiger partial charge in [0.15, 0.2) is 5.65 Å². The standard InChI is InChI=1S/C12H19N5.ClH/c1-3-4-5-6-7-17-11-10(14-8-15-11)9(2)16-12(17)13;/h8,13H,3-7H2,1-2H3,(H,14,15);1H. The average Bonchev–Trinajstić information content (AvgIpc) is 2.77. The summed E-state index contributed by atoms with van der Waals surface area (Å²) in [5.41, 5.74) is 2.93. The van der Waals surface area contributed by atoms with Crippen LogP contribution in [-0.4, -0.2) is 19.5 Å². The number of unbranched alkanes of at least 4 members (excludes halogenated alkanes) is 3. The molecule has 0 amide bonds. The summed E-state index contributed by atoms with van der Waals surface area (Å²) in [6, 6.07) is 0. The van der Waals surface area contributed by atoms with Crippen molar-refractivity contribution in [1.29, 1.82) is 5.41 Å². The normalized spacial score (nSPS) is 10.6. The minimum absolute atomic E-state index is 0. The van der Waals surface area contributed by atoms with Crippen LogP contribution in [0, 0.1) is 12.3 Å². The summed E-state index contributed by atoms with van der Waals surface area (Å²) in [4.78, 5) is 11.6. The number of halogens is 1. The SMILES string of the molecule is CCCCCCn1c(=N)nc(C)c2[nH]cnc21.Cl. The van der Waals surface area contributed by atoms with E-state index in [0.717, 1.165) is 29.8 Å². The van der Waals surface area contributed by atoms with Crippen molar-refractivity contribution in [3.05, 3.63) is 17.6 Å². The first-order valence-electron chi connectivity index (χ1n) is 6.19. The van der Waals surface area contributed by atoms with Crippen LogP contribution in [-0.2, 0) is 6.54 Å². The molecule has 0 spiro atoms. The van der Waals surface area contributed by atoms with E-state index < -0.39 is 0 Å². The van der Waals surface area contributed by atoms with Crippen LogP contribution in [0.5, 0.6) is 0 Å². The first-order valence-corrected chi connectivity index (χ1v) is 6.19. The fourth-order valence-corrected chi connectivity index (χ4v) is 2.04. The zero-order valence-electron chi connectivity index (χ0n) is 10.9. The molecule has 5 nitrogen and oxygen atoms in total. The summed E-state index contributed by atoms with van der Waals surface area (Å²) in [5.74, 6) is 0. The van der Waals surface area contributed by atoms with Gasteiger partial charge < -0.3 is 4.98 Å². The molecular formula is C12H20ClN5. The summed E-state index contributed by atoms with van der Waals surface area (Å²) in [6.07, 6.45) is 6.42. The van der Waals surface area contributed by atoms with Gasteiger partial charge in [0.05, 0.1) is 12.0 Å². The van der Waals surface area contributed by atoms with Crippen molar-refractivity contribution in [2.24, 2.45) is 0 Å². The third kappa shape index (κ3) is 2.90.